The molecule has 1 aromatic carbocycles. The van der Waals surface area contributed by atoms with Gasteiger partial charge in [-0.2, -0.15) is 0 Å². The van der Waals surface area contributed by atoms with E-state index in [4.69, 9.17) is 5.73 Å². The van der Waals surface area contributed by atoms with Gasteiger partial charge in [0.25, 0.3) is 0 Å². The van der Waals surface area contributed by atoms with Crippen LogP contribution in [0.15, 0.2) is 30.5 Å². The molecule has 0 spiro atoms. The van der Waals surface area contributed by atoms with Gasteiger partial charge < -0.3 is 11.1 Å². The maximum absolute atomic E-state index is 5.52. The summed E-state index contributed by atoms with van der Waals surface area (Å²) >= 11 is 0. The van der Waals surface area contributed by atoms with Crippen molar-refractivity contribution in [2.24, 2.45) is 5.73 Å². The van der Waals surface area contributed by atoms with Crippen molar-refractivity contribution in [3.63, 3.8) is 0 Å². The molecule has 0 aliphatic heterocycles. The van der Waals surface area contributed by atoms with E-state index in [0.29, 0.717) is 13.1 Å². The Morgan fingerprint density at radius 2 is 2.11 bits per heavy atom. The van der Waals surface area contributed by atoms with Gasteiger partial charge in [-0.3, -0.25) is 0 Å². The molecule has 0 fully saturated rings. The Morgan fingerprint density at radius 3 is 2.83 bits per heavy atom. The fraction of sp³-hybridized carbons (Fsp3) is 0.286. The van der Waals surface area contributed by atoms with Crippen molar-refractivity contribution in [2.75, 3.05) is 18.4 Å². The van der Waals surface area contributed by atoms with Gasteiger partial charge in [0.15, 0.2) is 0 Å². The molecule has 0 atom stereocenters. The molecule has 0 unspecified atom stereocenters. The van der Waals surface area contributed by atoms with Gasteiger partial charge in [-0.25, -0.2) is 9.97 Å². The number of aromatic nitrogens is 2. The Morgan fingerprint density at radius 1 is 1.28 bits per heavy atom. The van der Waals surface area contributed by atoms with Crippen LogP contribution in [0, 0.1) is 13.8 Å². The highest BCUT2D eigenvalue weighted by Gasteiger charge is 2.07. The molecule has 3 N–H and O–H groups in total. The van der Waals surface area contributed by atoms with Crippen LogP contribution in [0.4, 0.5) is 5.69 Å². The summed E-state index contributed by atoms with van der Waals surface area (Å²) in [6, 6.07) is 8.29. The third kappa shape index (κ3) is 2.84. The van der Waals surface area contributed by atoms with Crippen molar-refractivity contribution < 1.29 is 0 Å². The van der Waals surface area contributed by atoms with E-state index in [1.54, 1.807) is 0 Å². The van der Waals surface area contributed by atoms with Gasteiger partial charge in [-0.1, -0.05) is 23.8 Å². The Labute approximate surface area is 107 Å². The number of hydrogen-bond donors (Lipinski definition) is 2. The predicted molar refractivity (Wildman–Crippen MR) is 74.5 cm³/mol. The van der Waals surface area contributed by atoms with Gasteiger partial charge in [0.1, 0.15) is 5.82 Å². The van der Waals surface area contributed by atoms with Crippen LogP contribution >= 0.6 is 0 Å². The number of nitrogens with zero attached hydrogens (tertiary/aromatic N) is 2. The molecule has 1 aromatic heterocycles. The van der Waals surface area contributed by atoms with Gasteiger partial charge in [-0.05, 0) is 19.9 Å². The lowest BCUT2D eigenvalue weighted by atomic mass is 10.1. The molecule has 0 bridgehead atoms. The predicted octanol–water partition coefficient (Wildman–Crippen LogP) is 2.13. The van der Waals surface area contributed by atoms with E-state index < -0.39 is 0 Å². The normalized spacial score (nSPS) is 10.4. The summed E-state index contributed by atoms with van der Waals surface area (Å²) in [5.41, 5.74) is 9.69. The standard InChI is InChI=1S/C14H18N4/c1-10-4-3-5-12(8-10)14-13(16-7-6-15)9-17-11(2)18-14/h3-5,8-9,16H,6-7,15H2,1-2H3. The SMILES string of the molecule is Cc1cccc(-c2nc(C)ncc2NCCN)c1. The average molecular weight is 242 g/mol. The molecule has 2 aromatic rings. The van der Waals surface area contributed by atoms with Crippen LogP contribution in [0.2, 0.25) is 0 Å². The molecular formula is C14H18N4. The van der Waals surface area contributed by atoms with E-state index in [0.717, 1.165) is 22.8 Å². The highest BCUT2D eigenvalue weighted by molar-refractivity contribution is 5.73. The van der Waals surface area contributed by atoms with Crippen LogP contribution < -0.4 is 11.1 Å². The summed E-state index contributed by atoms with van der Waals surface area (Å²) in [5.74, 6) is 0.768. The van der Waals surface area contributed by atoms with Gasteiger partial charge in [-0.15, -0.1) is 0 Å². The number of rotatable bonds is 4. The van der Waals surface area contributed by atoms with Crippen LogP contribution in [0.3, 0.4) is 0 Å². The lowest BCUT2D eigenvalue weighted by Crippen LogP contribution is -2.14. The molecule has 0 saturated carbocycles. The highest BCUT2D eigenvalue weighted by atomic mass is 15.0. The molecule has 0 saturated heterocycles. The summed E-state index contributed by atoms with van der Waals surface area (Å²) < 4.78 is 0. The highest BCUT2D eigenvalue weighted by Crippen LogP contribution is 2.25. The number of nitrogens with one attached hydrogen (secondary N) is 1. The summed E-state index contributed by atoms with van der Waals surface area (Å²) in [5, 5.41) is 3.26. The second-order valence-electron chi connectivity index (χ2n) is 4.26. The van der Waals surface area contributed by atoms with Crippen molar-refractivity contribution in [3.8, 4) is 11.3 Å². The summed E-state index contributed by atoms with van der Waals surface area (Å²) in [4.78, 5) is 8.75. The monoisotopic (exact) mass is 242 g/mol. The second kappa shape index (κ2) is 5.60. The quantitative estimate of drug-likeness (QED) is 0.862. The topological polar surface area (TPSA) is 63.8 Å². The third-order valence-electron chi connectivity index (χ3n) is 2.66. The molecule has 0 aliphatic carbocycles. The van der Waals surface area contributed by atoms with Crippen molar-refractivity contribution in [3.05, 3.63) is 41.9 Å². The summed E-state index contributed by atoms with van der Waals surface area (Å²) in [6.45, 7) is 5.27. The first kappa shape index (κ1) is 12.5. The van der Waals surface area contributed by atoms with E-state index in [-0.39, 0.29) is 0 Å². The molecule has 0 aliphatic rings. The molecule has 4 nitrogen and oxygen atoms in total. The number of nitrogens with two attached hydrogens (primary N) is 1. The lowest BCUT2D eigenvalue weighted by Gasteiger charge is -2.11. The Bertz CT molecular complexity index is 537. The first-order valence-corrected chi connectivity index (χ1v) is 6.05. The molecule has 0 radical (unpaired) electrons. The molecule has 94 valence electrons. The lowest BCUT2D eigenvalue weighted by molar-refractivity contribution is 1.00. The summed E-state index contributed by atoms with van der Waals surface area (Å²) in [6.07, 6.45) is 1.82. The Kier molecular flexibility index (Phi) is 3.89. The minimum absolute atomic E-state index is 0.584. The smallest absolute Gasteiger partial charge is 0.126 e. The van der Waals surface area contributed by atoms with Gasteiger partial charge in [0.2, 0.25) is 0 Å². The zero-order valence-corrected chi connectivity index (χ0v) is 10.8. The van der Waals surface area contributed by atoms with Gasteiger partial charge >= 0.3 is 0 Å². The maximum Gasteiger partial charge on any atom is 0.126 e. The molecule has 18 heavy (non-hydrogen) atoms. The molecule has 0 amide bonds. The van der Waals surface area contributed by atoms with E-state index in [2.05, 4.69) is 40.4 Å². The average Bonchev–Trinajstić information content (AvgIpc) is 2.37. The van der Waals surface area contributed by atoms with E-state index in [1.165, 1.54) is 5.56 Å². The largest absolute Gasteiger partial charge is 0.381 e. The number of hydrogen-bond acceptors (Lipinski definition) is 4. The molecule has 4 heteroatoms. The molecule has 2 rings (SSSR count). The number of benzene rings is 1. The molecule has 1 heterocycles. The van der Waals surface area contributed by atoms with Gasteiger partial charge in [0, 0.05) is 18.7 Å². The van der Waals surface area contributed by atoms with Crippen molar-refractivity contribution in [2.45, 2.75) is 13.8 Å². The Balaban J connectivity index is 2.44. The first-order chi connectivity index (χ1) is 8.70. The van der Waals surface area contributed by atoms with Gasteiger partial charge in [0.05, 0.1) is 17.6 Å². The minimum atomic E-state index is 0.584. The van der Waals surface area contributed by atoms with Crippen LogP contribution in [-0.2, 0) is 0 Å². The van der Waals surface area contributed by atoms with E-state index in [9.17, 15) is 0 Å². The second-order valence-corrected chi connectivity index (χ2v) is 4.26. The van der Waals surface area contributed by atoms with E-state index in [1.807, 2.05) is 19.2 Å². The number of anilines is 1. The first-order valence-electron chi connectivity index (χ1n) is 6.05. The minimum Gasteiger partial charge on any atom is -0.381 e. The fourth-order valence-corrected chi connectivity index (χ4v) is 1.82. The van der Waals surface area contributed by atoms with Crippen LogP contribution in [0.1, 0.15) is 11.4 Å². The zero-order valence-electron chi connectivity index (χ0n) is 10.8. The third-order valence-corrected chi connectivity index (χ3v) is 2.66. The van der Waals surface area contributed by atoms with Crippen LogP contribution in [0.25, 0.3) is 11.3 Å². The van der Waals surface area contributed by atoms with Crippen LogP contribution in [0.5, 0.6) is 0 Å². The van der Waals surface area contributed by atoms with Crippen molar-refractivity contribution in [1.82, 2.24) is 9.97 Å². The fourth-order valence-electron chi connectivity index (χ4n) is 1.82. The van der Waals surface area contributed by atoms with Crippen molar-refractivity contribution in [1.29, 1.82) is 0 Å². The van der Waals surface area contributed by atoms with Crippen molar-refractivity contribution >= 4 is 5.69 Å². The Hall–Kier alpha value is -1.94. The maximum atomic E-state index is 5.52. The number of aryl methyl sites for hydroxylation is 2. The van der Waals surface area contributed by atoms with E-state index >= 15 is 0 Å². The molecular weight excluding hydrogens is 224 g/mol. The summed E-state index contributed by atoms with van der Waals surface area (Å²) in [7, 11) is 0. The zero-order chi connectivity index (χ0) is 13.0. The van der Waals surface area contributed by atoms with Crippen LogP contribution in [-0.4, -0.2) is 23.1 Å².